The van der Waals surface area contributed by atoms with Crippen LogP contribution in [0.15, 0.2) is 12.3 Å². The molecule has 1 N–H and O–H groups in total. The van der Waals surface area contributed by atoms with E-state index in [-0.39, 0.29) is 5.78 Å². The third kappa shape index (κ3) is 1.29. The van der Waals surface area contributed by atoms with Crippen molar-refractivity contribution in [2.24, 2.45) is 0 Å². The first-order valence-corrected chi connectivity index (χ1v) is 2.85. The summed E-state index contributed by atoms with van der Waals surface area (Å²) in [7, 11) is 0. The summed E-state index contributed by atoms with van der Waals surface area (Å²) in [4.78, 5) is 12.1. The maximum Gasteiger partial charge on any atom is 0.176 e. The van der Waals surface area contributed by atoms with Crippen LogP contribution < -0.4 is 0 Å². The lowest BCUT2D eigenvalue weighted by Crippen LogP contribution is -2.27. The molecule has 0 saturated heterocycles. The van der Waals surface area contributed by atoms with Gasteiger partial charge in [0.1, 0.15) is 6.23 Å². The first kappa shape index (κ1) is 6.29. The van der Waals surface area contributed by atoms with E-state index >= 15 is 0 Å². The summed E-state index contributed by atoms with van der Waals surface area (Å²) in [5, 5.41) is 8.89. The fraction of sp³-hybridized carbons (Fsp3) is 0.500. The molecule has 1 aliphatic heterocycles. The fourth-order valence-electron chi connectivity index (χ4n) is 0.721. The van der Waals surface area contributed by atoms with Gasteiger partial charge in [-0.05, 0) is 13.0 Å². The van der Waals surface area contributed by atoms with Crippen molar-refractivity contribution in [2.75, 3.05) is 6.54 Å². The molecule has 1 rings (SSSR count). The van der Waals surface area contributed by atoms with Crippen LogP contribution in [0.4, 0.5) is 0 Å². The molecule has 3 nitrogen and oxygen atoms in total. The standard InChI is InChI=1S/C6H9NO2/c1-5(8)7-3-2-6(9)4-7/h2-3,5,8H,4H2,1H3. The molecular weight excluding hydrogens is 118 g/mol. The van der Waals surface area contributed by atoms with E-state index in [0.29, 0.717) is 6.54 Å². The number of carbonyl (C=O) groups is 1. The summed E-state index contributed by atoms with van der Waals surface area (Å²) in [6.07, 6.45) is 2.52. The van der Waals surface area contributed by atoms with Crippen molar-refractivity contribution < 1.29 is 9.90 Å². The van der Waals surface area contributed by atoms with Gasteiger partial charge < -0.3 is 10.0 Å². The molecule has 0 saturated carbocycles. The molecule has 0 amide bonds. The Bertz CT molecular complexity index is 151. The molecule has 0 bridgehead atoms. The van der Waals surface area contributed by atoms with Gasteiger partial charge in [-0.15, -0.1) is 0 Å². The van der Waals surface area contributed by atoms with Gasteiger partial charge in [0, 0.05) is 6.20 Å². The lowest BCUT2D eigenvalue weighted by atomic mass is 10.4. The van der Waals surface area contributed by atoms with E-state index in [1.54, 1.807) is 18.0 Å². The SMILES string of the molecule is CC(O)N1C=CC(=O)C1. The molecule has 1 atom stereocenters. The molecule has 1 heterocycles. The summed E-state index contributed by atoms with van der Waals surface area (Å²) < 4.78 is 0. The van der Waals surface area contributed by atoms with Crippen LogP contribution in [0.3, 0.4) is 0 Å². The number of carbonyl (C=O) groups excluding carboxylic acids is 1. The Labute approximate surface area is 53.6 Å². The minimum atomic E-state index is -0.548. The first-order chi connectivity index (χ1) is 4.20. The van der Waals surface area contributed by atoms with Crippen LogP contribution in [0, 0.1) is 0 Å². The van der Waals surface area contributed by atoms with Crippen molar-refractivity contribution in [3.8, 4) is 0 Å². The van der Waals surface area contributed by atoms with Gasteiger partial charge in [-0.2, -0.15) is 0 Å². The van der Waals surface area contributed by atoms with Gasteiger partial charge in [-0.25, -0.2) is 0 Å². The number of nitrogens with zero attached hydrogens (tertiary/aromatic N) is 1. The van der Waals surface area contributed by atoms with Gasteiger partial charge in [0.25, 0.3) is 0 Å². The van der Waals surface area contributed by atoms with E-state index in [1.165, 1.54) is 6.08 Å². The summed E-state index contributed by atoms with van der Waals surface area (Å²) in [5.41, 5.74) is 0. The predicted octanol–water partition coefficient (Wildman–Crippen LogP) is -0.277. The molecule has 1 unspecified atom stereocenters. The molecule has 0 aromatic heterocycles. The molecule has 0 aromatic rings. The third-order valence-electron chi connectivity index (χ3n) is 1.27. The minimum Gasteiger partial charge on any atom is -0.374 e. The normalized spacial score (nSPS) is 21.1. The lowest BCUT2D eigenvalue weighted by molar-refractivity contribution is -0.115. The first-order valence-electron chi connectivity index (χ1n) is 2.85. The number of aliphatic hydroxyl groups excluding tert-OH is 1. The highest BCUT2D eigenvalue weighted by Crippen LogP contribution is 2.03. The van der Waals surface area contributed by atoms with Crippen molar-refractivity contribution in [1.82, 2.24) is 4.90 Å². The van der Waals surface area contributed by atoms with Crippen LogP contribution in [0.25, 0.3) is 0 Å². The smallest absolute Gasteiger partial charge is 0.176 e. The molecular formula is C6H9NO2. The van der Waals surface area contributed by atoms with E-state index in [9.17, 15) is 4.79 Å². The monoisotopic (exact) mass is 127 g/mol. The van der Waals surface area contributed by atoms with E-state index in [2.05, 4.69) is 0 Å². The summed E-state index contributed by atoms with van der Waals surface area (Å²) in [5.74, 6) is 0.0518. The van der Waals surface area contributed by atoms with Crippen LogP contribution >= 0.6 is 0 Å². The van der Waals surface area contributed by atoms with E-state index in [4.69, 9.17) is 5.11 Å². The summed E-state index contributed by atoms with van der Waals surface area (Å²) in [6, 6.07) is 0. The van der Waals surface area contributed by atoms with Gasteiger partial charge >= 0.3 is 0 Å². The number of hydrogen-bond donors (Lipinski definition) is 1. The molecule has 0 aliphatic carbocycles. The highest BCUT2D eigenvalue weighted by Gasteiger charge is 2.14. The van der Waals surface area contributed by atoms with Gasteiger partial charge in [0.2, 0.25) is 0 Å². The summed E-state index contributed by atoms with van der Waals surface area (Å²) >= 11 is 0. The van der Waals surface area contributed by atoms with Crippen LogP contribution in [0.1, 0.15) is 6.92 Å². The van der Waals surface area contributed by atoms with Gasteiger partial charge in [-0.1, -0.05) is 0 Å². The highest BCUT2D eigenvalue weighted by molar-refractivity contribution is 5.93. The number of hydrogen-bond acceptors (Lipinski definition) is 3. The second kappa shape index (κ2) is 2.19. The Morgan fingerprint density at radius 1 is 1.89 bits per heavy atom. The largest absolute Gasteiger partial charge is 0.374 e. The zero-order valence-corrected chi connectivity index (χ0v) is 5.24. The van der Waals surface area contributed by atoms with Crippen molar-refractivity contribution >= 4 is 5.78 Å². The Balaban J connectivity index is 2.50. The maximum atomic E-state index is 10.5. The molecule has 0 spiro atoms. The maximum absolute atomic E-state index is 10.5. The van der Waals surface area contributed by atoms with Gasteiger partial charge in [0.05, 0.1) is 6.54 Å². The molecule has 50 valence electrons. The third-order valence-corrected chi connectivity index (χ3v) is 1.27. The minimum absolute atomic E-state index is 0.0518. The quantitative estimate of drug-likeness (QED) is 0.526. The van der Waals surface area contributed by atoms with Crippen LogP contribution in [0.5, 0.6) is 0 Å². The topological polar surface area (TPSA) is 40.5 Å². The van der Waals surface area contributed by atoms with E-state index < -0.39 is 6.23 Å². The lowest BCUT2D eigenvalue weighted by Gasteiger charge is -2.16. The number of rotatable bonds is 1. The Morgan fingerprint density at radius 2 is 2.56 bits per heavy atom. The zero-order valence-electron chi connectivity index (χ0n) is 5.24. The molecule has 0 fully saturated rings. The Kier molecular flexibility index (Phi) is 1.53. The van der Waals surface area contributed by atoms with Crippen molar-refractivity contribution in [2.45, 2.75) is 13.2 Å². The molecule has 1 aliphatic rings. The molecule has 3 heteroatoms. The number of ketones is 1. The van der Waals surface area contributed by atoms with Crippen LogP contribution in [-0.2, 0) is 4.79 Å². The van der Waals surface area contributed by atoms with Crippen molar-refractivity contribution in [3.63, 3.8) is 0 Å². The fourth-order valence-corrected chi connectivity index (χ4v) is 0.721. The zero-order chi connectivity index (χ0) is 6.85. The van der Waals surface area contributed by atoms with Crippen LogP contribution in [0.2, 0.25) is 0 Å². The molecule has 0 radical (unpaired) electrons. The number of aliphatic hydroxyl groups is 1. The second-order valence-corrected chi connectivity index (χ2v) is 2.09. The predicted molar refractivity (Wildman–Crippen MR) is 32.5 cm³/mol. The average molecular weight is 127 g/mol. The Hall–Kier alpha value is -0.830. The molecule has 9 heavy (non-hydrogen) atoms. The second-order valence-electron chi connectivity index (χ2n) is 2.09. The molecule has 0 aromatic carbocycles. The van der Waals surface area contributed by atoms with Crippen molar-refractivity contribution in [1.29, 1.82) is 0 Å². The Morgan fingerprint density at radius 3 is 2.78 bits per heavy atom. The van der Waals surface area contributed by atoms with E-state index in [0.717, 1.165) is 0 Å². The van der Waals surface area contributed by atoms with E-state index in [1.807, 2.05) is 0 Å². The van der Waals surface area contributed by atoms with Crippen LogP contribution in [-0.4, -0.2) is 28.6 Å². The summed E-state index contributed by atoms with van der Waals surface area (Å²) in [6.45, 7) is 1.95. The van der Waals surface area contributed by atoms with Crippen molar-refractivity contribution in [3.05, 3.63) is 12.3 Å². The van der Waals surface area contributed by atoms with Gasteiger partial charge in [0.15, 0.2) is 5.78 Å². The average Bonchev–Trinajstić information content (AvgIpc) is 2.14. The highest BCUT2D eigenvalue weighted by atomic mass is 16.3. The van der Waals surface area contributed by atoms with Gasteiger partial charge in [-0.3, -0.25) is 4.79 Å².